The number of nitrogens with zero attached hydrogens (tertiary/aromatic N) is 1. The molecule has 3 nitrogen and oxygen atoms in total. The van der Waals surface area contributed by atoms with Crippen LogP contribution in [0.25, 0.3) is 0 Å². The van der Waals surface area contributed by atoms with Gasteiger partial charge in [-0.2, -0.15) is 0 Å². The van der Waals surface area contributed by atoms with Crippen LogP contribution >= 0.6 is 11.3 Å². The maximum absolute atomic E-state index is 5.56. The Hall–Kier alpha value is -1.13. The van der Waals surface area contributed by atoms with Crippen LogP contribution in [-0.4, -0.2) is 11.5 Å². The van der Waals surface area contributed by atoms with Crippen LogP contribution in [0.1, 0.15) is 48.3 Å². The summed E-state index contributed by atoms with van der Waals surface area (Å²) in [5.74, 6) is 1.09. The van der Waals surface area contributed by atoms with Gasteiger partial charge in [0, 0.05) is 35.5 Å². The Kier molecular flexibility index (Phi) is 5.16. The average Bonchev–Trinajstić information content (AvgIpc) is 3.03. The Bertz CT molecular complexity index is 504. The molecule has 0 amide bonds. The fraction of sp³-hybridized carbons (Fsp3) is 0.533. The molecule has 0 aliphatic rings. The topological polar surface area (TPSA) is 38.1 Å². The Morgan fingerprint density at radius 2 is 2.26 bits per heavy atom. The second-order valence-electron chi connectivity index (χ2n) is 4.75. The van der Waals surface area contributed by atoms with Gasteiger partial charge in [0.05, 0.1) is 11.3 Å². The molecule has 0 spiro atoms. The molecule has 0 bridgehead atoms. The van der Waals surface area contributed by atoms with E-state index in [2.05, 4.69) is 35.6 Å². The highest BCUT2D eigenvalue weighted by molar-refractivity contribution is 7.09. The van der Waals surface area contributed by atoms with Crippen molar-refractivity contribution < 1.29 is 4.42 Å². The molecule has 2 rings (SSSR count). The fourth-order valence-electron chi connectivity index (χ4n) is 2.23. The van der Waals surface area contributed by atoms with Gasteiger partial charge in [0.25, 0.3) is 0 Å². The summed E-state index contributed by atoms with van der Waals surface area (Å²) in [5.41, 5.74) is 2.39. The second kappa shape index (κ2) is 6.87. The molecule has 0 saturated carbocycles. The van der Waals surface area contributed by atoms with E-state index in [0.29, 0.717) is 6.04 Å². The van der Waals surface area contributed by atoms with Crippen LogP contribution in [0.3, 0.4) is 0 Å². The molecule has 104 valence electrons. The van der Waals surface area contributed by atoms with Gasteiger partial charge in [0.15, 0.2) is 0 Å². The molecular formula is C15H22N2OS. The monoisotopic (exact) mass is 278 g/mol. The molecule has 0 aliphatic heterocycles. The van der Waals surface area contributed by atoms with Crippen LogP contribution in [0.4, 0.5) is 0 Å². The molecule has 1 N–H and O–H groups in total. The standard InChI is InChI=1S/C15H22N2OS/c1-4-7-16-13(9-15-17-11(3)10-19-15)12-6-8-18-14(12)5-2/h6,8,10,13,16H,4-5,7,9H2,1-3H3. The molecule has 2 heterocycles. The van der Waals surface area contributed by atoms with Crippen LogP contribution in [-0.2, 0) is 12.8 Å². The van der Waals surface area contributed by atoms with E-state index in [1.807, 2.05) is 6.92 Å². The molecule has 0 aromatic carbocycles. The van der Waals surface area contributed by atoms with Gasteiger partial charge < -0.3 is 9.73 Å². The van der Waals surface area contributed by atoms with E-state index in [0.717, 1.165) is 37.3 Å². The van der Waals surface area contributed by atoms with Gasteiger partial charge in [0.2, 0.25) is 0 Å². The lowest BCUT2D eigenvalue weighted by atomic mass is 10.0. The number of hydrogen-bond donors (Lipinski definition) is 1. The predicted molar refractivity (Wildman–Crippen MR) is 79.7 cm³/mol. The summed E-state index contributed by atoms with van der Waals surface area (Å²) < 4.78 is 5.56. The Labute approximate surface area is 119 Å². The SMILES string of the molecule is CCCNC(Cc1nc(C)cs1)c1ccoc1CC. The zero-order chi connectivity index (χ0) is 13.7. The van der Waals surface area contributed by atoms with Gasteiger partial charge in [-0.05, 0) is 26.0 Å². The van der Waals surface area contributed by atoms with Gasteiger partial charge in [-0.3, -0.25) is 0 Å². The van der Waals surface area contributed by atoms with Crippen molar-refractivity contribution in [2.45, 2.75) is 46.1 Å². The summed E-state index contributed by atoms with van der Waals surface area (Å²) in [4.78, 5) is 4.57. The van der Waals surface area contributed by atoms with Gasteiger partial charge >= 0.3 is 0 Å². The van der Waals surface area contributed by atoms with Gasteiger partial charge in [-0.15, -0.1) is 11.3 Å². The first-order valence-electron chi connectivity index (χ1n) is 6.95. The summed E-state index contributed by atoms with van der Waals surface area (Å²) in [5, 5.41) is 6.91. The lowest BCUT2D eigenvalue weighted by molar-refractivity contribution is 0.481. The lowest BCUT2D eigenvalue weighted by Crippen LogP contribution is -2.24. The molecular weight excluding hydrogens is 256 g/mol. The van der Waals surface area contributed by atoms with Crippen molar-refractivity contribution in [1.82, 2.24) is 10.3 Å². The number of furan rings is 1. The van der Waals surface area contributed by atoms with Crippen LogP contribution in [0.5, 0.6) is 0 Å². The Balaban J connectivity index is 2.15. The van der Waals surface area contributed by atoms with Crippen LogP contribution in [0.15, 0.2) is 22.1 Å². The van der Waals surface area contributed by atoms with E-state index < -0.39 is 0 Å². The molecule has 2 aromatic rings. The van der Waals surface area contributed by atoms with Crippen molar-refractivity contribution in [2.75, 3.05) is 6.54 Å². The fourth-order valence-corrected chi connectivity index (χ4v) is 3.05. The molecule has 0 aliphatic carbocycles. The lowest BCUT2D eigenvalue weighted by Gasteiger charge is -2.17. The van der Waals surface area contributed by atoms with Crippen LogP contribution in [0.2, 0.25) is 0 Å². The molecule has 0 radical (unpaired) electrons. The van der Waals surface area contributed by atoms with Crippen molar-refractivity contribution in [2.24, 2.45) is 0 Å². The summed E-state index contributed by atoms with van der Waals surface area (Å²) in [6, 6.07) is 2.39. The Morgan fingerprint density at radius 3 is 2.89 bits per heavy atom. The third-order valence-electron chi connectivity index (χ3n) is 3.16. The van der Waals surface area contributed by atoms with Gasteiger partial charge in [0.1, 0.15) is 5.76 Å². The first kappa shape index (κ1) is 14.3. The third-order valence-corrected chi connectivity index (χ3v) is 4.15. The summed E-state index contributed by atoms with van der Waals surface area (Å²) in [7, 11) is 0. The Morgan fingerprint density at radius 1 is 1.42 bits per heavy atom. The predicted octanol–water partition coefficient (Wildman–Crippen LogP) is 3.89. The van der Waals surface area contributed by atoms with E-state index in [1.165, 1.54) is 10.6 Å². The number of hydrogen-bond acceptors (Lipinski definition) is 4. The van der Waals surface area contributed by atoms with Crippen LogP contribution in [0, 0.1) is 6.92 Å². The maximum atomic E-state index is 5.56. The maximum Gasteiger partial charge on any atom is 0.108 e. The van der Waals surface area contributed by atoms with E-state index in [4.69, 9.17) is 4.42 Å². The summed E-state index contributed by atoms with van der Waals surface area (Å²) in [6.07, 6.45) is 4.79. The largest absolute Gasteiger partial charge is 0.469 e. The third kappa shape index (κ3) is 3.67. The number of aryl methyl sites for hydroxylation is 2. The average molecular weight is 278 g/mol. The molecule has 0 saturated heterocycles. The zero-order valence-corrected chi connectivity index (χ0v) is 12.7. The number of aromatic nitrogens is 1. The van der Waals surface area contributed by atoms with Gasteiger partial charge in [-0.25, -0.2) is 4.98 Å². The molecule has 1 unspecified atom stereocenters. The van der Waals surface area contributed by atoms with Crippen LogP contribution < -0.4 is 5.32 Å². The normalized spacial score (nSPS) is 12.8. The highest BCUT2D eigenvalue weighted by Crippen LogP contribution is 2.25. The first-order chi connectivity index (χ1) is 9.24. The van der Waals surface area contributed by atoms with Crippen molar-refractivity contribution >= 4 is 11.3 Å². The van der Waals surface area contributed by atoms with Crippen molar-refractivity contribution in [3.8, 4) is 0 Å². The van der Waals surface area contributed by atoms with E-state index in [-0.39, 0.29) is 0 Å². The van der Waals surface area contributed by atoms with E-state index in [1.54, 1.807) is 17.6 Å². The van der Waals surface area contributed by atoms with Crippen molar-refractivity contribution in [3.63, 3.8) is 0 Å². The minimum absolute atomic E-state index is 0.305. The smallest absolute Gasteiger partial charge is 0.108 e. The minimum atomic E-state index is 0.305. The van der Waals surface area contributed by atoms with Gasteiger partial charge in [-0.1, -0.05) is 13.8 Å². The molecule has 19 heavy (non-hydrogen) atoms. The second-order valence-corrected chi connectivity index (χ2v) is 5.69. The molecule has 2 aromatic heterocycles. The molecule has 1 atom stereocenters. The zero-order valence-electron chi connectivity index (χ0n) is 11.9. The number of rotatable bonds is 7. The summed E-state index contributed by atoms with van der Waals surface area (Å²) >= 11 is 1.74. The molecule has 4 heteroatoms. The van der Waals surface area contributed by atoms with Crippen molar-refractivity contribution in [1.29, 1.82) is 0 Å². The minimum Gasteiger partial charge on any atom is -0.469 e. The summed E-state index contributed by atoms with van der Waals surface area (Å²) in [6.45, 7) is 7.38. The highest BCUT2D eigenvalue weighted by atomic mass is 32.1. The number of nitrogens with one attached hydrogen (secondary N) is 1. The highest BCUT2D eigenvalue weighted by Gasteiger charge is 2.18. The molecule has 0 fully saturated rings. The van der Waals surface area contributed by atoms with E-state index in [9.17, 15) is 0 Å². The number of thiazole rings is 1. The van der Waals surface area contributed by atoms with E-state index >= 15 is 0 Å². The van der Waals surface area contributed by atoms with Crippen molar-refractivity contribution in [3.05, 3.63) is 39.7 Å². The quantitative estimate of drug-likeness (QED) is 0.835. The first-order valence-corrected chi connectivity index (χ1v) is 7.83.